The molecule has 1 saturated carbocycles. The molecule has 1 aromatic rings. The summed E-state index contributed by atoms with van der Waals surface area (Å²) in [5.74, 6) is 0.613. The maximum atomic E-state index is 12.2. The van der Waals surface area contributed by atoms with Gasteiger partial charge in [0.15, 0.2) is 0 Å². The Morgan fingerprint density at radius 3 is 2.53 bits per heavy atom. The van der Waals surface area contributed by atoms with Gasteiger partial charge in [0, 0.05) is 18.4 Å². The number of nitrogens with zero attached hydrogens (tertiary/aromatic N) is 1. The van der Waals surface area contributed by atoms with E-state index in [9.17, 15) is 8.42 Å². The average Bonchev–Trinajstić information content (AvgIpc) is 2.89. The zero-order valence-corrected chi connectivity index (χ0v) is 12.2. The number of nitrogens with one attached hydrogen (secondary N) is 1. The summed E-state index contributed by atoms with van der Waals surface area (Å²) in [7, 11) is -3.19. The zero-order valence-electron chi connectivity index (χ0n) is 11.4. The van der Waals surface area contributed by atoms with Gasteiger partial charge < -0.3 is 0 Å². The fourth-order valence-corrected chi connectivity index (χ4v) is 4.52. The summed E-state index contributed by atoms with van der Waals surface area (Å²) in [6.07, 6.45) is 8.57. The molecule has 0 bridgehead atoms. The Hall–Kier alpha value is -0.940. The fraction of sp³-hybridized carbons (Fsp3) is 0.643. The second-order valence-corrected chi connectivity index (χ2v) is 7.09. The first kappa shape index (κ1) is 14.5. The Morgan fingerprint density at radius 2 is 1.95 bits per heavy atom. The molecule has 1 unspecified atom stereocenters. The summed E-state index contributed by atoms with van der Waals surface area (Å²) in [6.45, 7) is 1.99. The lowest BCUT2D eigenvalue weighted by Gasteiger charge is -2.19. The Labute approximate surface area is 115 Å². The Morgan fingerprint density at radius 1 is 1.32 bits per heavy atom. The number of rotatable bonds is 6. The molecule has 1 atom stereocenters. The molecule has 0 saturated heterocycles. The van der Waals surface area contributed by atoms with Crippen molar-refractivity contribution < 1.29 is 8.42 Å². The lowest BCUT2D eigenvalue weighted by atomic mass is 10.1. The zero-order chi connectivity index (χ0) is 13.7. The van der Waals surface area contributed by atoms with Gasteiger partial charge >= 0.3 is 0 Å². The quantitative estimate of drug-likeness (QED) is 0.872. The van der Waals surface area contributed by atoms with Crippen molar-refractivity contribution in [2.24, 2.45) is 5.92 Å². The number of pyridine rings is 1. The number of sulfonamides is 1. The van der Waals surface area contributed by atoms with Gasteiger partial charge in [-0.3, -0.25) is 4.98 Å². The average molecular weight is 282 g/mol. The normalized spacial score (nSPS) is 18.6. The Balaban J connectivity index is 2.00. The maximum Gasteiger partial charge on any atom is 0.212 e. The van der Waals surface area contributed by atoms with E-state index in [1.165, 1.54) is 12.8 Å². The number of hydrogen-bond acceptors (Lipinski definition) is 3. The summed E-state index contributed by atoms with van der Waals surface area (Å²) >= 11 is 0. The van der Waals surface area contributed by atoms with Crippen molar-refractivity contribution in [1.82, 2.24) is 9.71 Å². The van der Waals surface area contributed by atoms with Crippen molar-refractivity contribution in [2.75, 3.05) is 5.75 Å². The van der Waals surface area contributed by atoms with Crippen LogP contribution in [0.4, 0.5) is 0 Å². The molecule has 1 heterocycles. The Kier molecular flexibility index (Phi) is 4.93. The third-order valence-corrected chi connectivity index (χ3v) is 5.32. The standard InChI is InChI=1S/C14H22N2O2S/c1-2-14(13-7-9-15-10-8-13)16-19(17,18)11-12-5-3-4-6-12/h7-10,12,14,16H,2-6,11H2,1H3. The van der Waals surface area contributed by atoms with Crippen molar-refractivity contribution in [3.8, 4) is 0 Å². The summed E-state index contributed by atoms with van der Waals surface area (Å²) in [6, 6.07) is 3.59. The minimum absolute atomic E-state index is 0.144. The summed E-state index contributed by atoms with van der Waals surface area (Å²) in [5.41, 5.74) is 0.979. The summed E-state index contributed by atoms with van der Waals surface area (Å²) in [5, 5.41) is 0. The van der Waals surface area contributed by atoms with Crippen LogP contribution >= 0.6 is 0 Å². The van der Waals surface area contributed by atoms with Crippen molar-refractivity contribution in [3.05, 3.63) is 30.1 Å². The van der Waals surface area contributed by atoms with Gasteiger partial charge in [-0.25, -0.2) is 13.1 Å². The van der Waals surface area contributed by atoms with Crippen LogP contribution in [0.3, 0.4) is 0 Å². The molecule has 1 aliphatic carbocycles. The molecule has 1 N–H and O–H groups in total. The monoisotopic (exact) mass is 282 g/mol. The molecule has 1 aromatic heterocycles. The van der Waals surface area contributed by atoms with Crippen molar-refractivity contribution in [1.29, 1.82) is 0 Å². The van der Waals surface area contributed by atoms with Crippen LogP contribution in [-0.4, -0.2) is 19.2 Å². The highest BCUT2D eigenvalue weighted by atomic mass is 32.2. The third kappa shape index (κ3) is 4.28. The molecule has 5 heteroatoms. The van der Waals surface area contributed by atoms with Gasteiger partial charge in [0.2, 0.25) is 10.0 Å². The van der Waals surface area contributed by atoms with E-state index in [0.29, 0.717) is 5.92 Å². The first-order valence-electron chi connectivity index (χ1n) is 7.00. The Bertz CT molecular complexity index is 481. The van der Waals surface area contributed by atoms with E-state index in [4.69, 9.17) is 0 Å². The smallest absolute Gasteiger partial charge is 0.212 e. The lowest BCUT2D eigenvalue weighted by Crippen LogP contribution is -2.32. The minimum atomic E-state index is -3.19. The summed E-state index contributed by atoms with van der Waals surface area (Å²) in [4.78, 5) is 3.96. The third-order valence-electron chi connectivity index (χ3n) is 3.77. The van der Waals surface area contributed by atoms with Crippen LogP contribution in [-0.2, 0) is 10.0 Å². The van der Waals surface area contributed by atoms with Crippen molar-refractivity contribution >= 4 is 10.0 Å². The van der Waals surface area contributed by atoms with E-state index in [-0.39, 0.29) is 11.8 Å². The molecule has 0 spiro atoms. The van der Waals surface area contributed by atoms with Gasteiger partial charge in [-0.05, 0) is 42.9 Å². The fourth-order valence-electron chi connectivity index (χ4n) is 2.74. The predicted octanol–water partition coefficient (Wildman–Crippen LogP) is 2.64. The molecule has 19 heavy (non-hydrogen) atoms. The molecule has 1 fully saturated rings. The molecule has 0 amide bonds. The van der Waals surface area contributed by atoms with Crippen LogP contribution in [0.1, 0.15) is 50.6 Å². The second-order valence-electron chi connectivity index (χ2n) is 5.29. The van der Waals surface area contributed by atoms with Gasteiger partial charge in [0.25, 0.3) is 0 Å². The van der Waals surface area contributed by atoms with Crippen LogP contribution in [0.15, 0.2) is 24.5 Å². The molecular formula is C14H22N2O2S. The predicted molar refractivity (Wildman–Crippen MR) is 76.1 cm³/mol. The van der Waals surface area contributed by atoms with E-state index < -0.39 is 10.0 Å². The molecule has 0 aromatic carbocycles. The van der Waals surface area contributed by atoms with E-state index in [1.807, 2.05) is 19.1 Å². The minimum Gasteiger partial charge on any atom is -0.265 e. The van der Waals surface area contributed by atoms with Gasteiger partial charge in [0.05, 0.1) is 5.75 Å². The highest BCUT2D eigenvalue weighted by molar-refractivity contribution is 7.89. The van der Waals surface area contributed by atoms with E-state index in [0.717, 1.165) is 24.8 Å². The van der Waals surface area contributed by atoms with Gasteiger partial charge in [-0.15, -0.1) is 0 Å². The van der Waals surface area contributed by atoms with E-state index in [1.54, 1.807) is 12.4 Å². The molecule has 0 radical (unpaired) electrons. The highest BCUT2D eigenvalue weighted by Gasteiger charge is 2.24. The van der Waals surface area contributed by atoms with Gasteiger partial charge in [0.1, 0.15) is 0 Å². The molecule has 4 nitrogen and oxygen atoms in total. The molecule has 0 aliphatic heterocycles. The first-order chi connectivity index (χ1) is 9.11. The van der Waals surface area contributed by atoms with Gasteiger partial charge in [-0.1, -0.05) is 19.8 Å². The highest BCUT2D eigenvalue weighted by Crippen LogP contribution is 2.26. The SMILES string of the molecule is CCC(NS(=O)(=O)CC1CCCC1)c1ccncc1. The van der Waals surface area contributed by atoms with E-state index in [2.05, 4.69) is 9.71 Å². The molecule has 2 rings (SSSR count). The maximum absolute atomic E-state index is 12.2. The van der Waals surface area contributed by atoms with Crippen LogP contribution in [0.2, 0.25) is 0 Å². The van der Waals surface area contributed by atoms with Crippen molar-refractivity contribution in [3.63, 3.8) is 0 Å². The molecule has 1 aliphatic rings. The number of aromatic nitrogens is 1. The molecular weight excluding hydrogens is 260 g/mol. The van der Waals surface area contributed by atoms with Crippen LogP contribution in [0.25, 0.3) is 0 Å². The summed E-state index contributed by atoms with van der Waals surface area (Å²) < 4.78 is 27.2. The van der Waals surface area contributed by atoms with Gasteiger partial charge in [-0.2, -0.15) is 0 Å². The topological polar surface area (TPSA) is 59.1 Å². The lowest BCUT2D eigenvalue weighted by molar-refractivity contribution is 0.526. The second kappa shape index (κ2) is 6.48. The van der Waals surface area contributed by atoms with Crippen LogP contribution < -0.4 is 4.72 Å². The van der Waals surface area contributed by atoms with Crippen molar-refractivity contribution in [2.45, 2.75) is 45.1 Å². The van der Waals surface area contributed by atoms with Crippen LogP contribution in [0, 0.1) is 5.92 Å². The molecule has 106 valence electrons. The largest absolute Gasteiger partial charge is 0.265 e. The van der Waals surface area contributed by atoms with Crippen LogP contribution in [0.5, 0.6) is 0 Å². The first-order valence-corrected chi connectivity index (χ1v) is 8.66. The number of hydrogen-bond donors (Lipinski definition) is 1. The van der Waals surface area contributed by atoms with E-state index >= 15 is 0 Å².